The second kappa shape index (κ2) is 9.14. The molecular formula is C16H25BrN2O. The fourth-order valence-electron chi connectivity index (χ4n) is 2.19. The van der Waals surface area contributed by atoms with Gasteiger partial charge in [-0.15, -0.1) is 0 Å². The smallest absolute Gasteiger partial charge is 0.223 e. The number of benzene rings is 1. The van der Waals surface area contributed by atoms with E-state index < -0.39 is 0 Å². The third-order valence-electron chi connectivity index (χ3n) is 3.37. The number of hydrogen-bond donors (Lipinski definition) is 2. The van der Waals surface area contributed by atoms with Gasteiger partial charge in [0.25, 0.3) is 0 Å². The predicted octanol–water partition coefficient (Wildman–Crippen LogP) is 3.13. The van der Waals surface area contributed by atoms with E-state index in [4.69, 9.17) is 0 Å². The van der Waals surface area contributed by atoms with E-state index in [1.54, 1.807) is 0 Å². The van der Waals surface area contributed by atoms with E-state index >= 15 is 0 Å². The minimum atomic E-state index is 0.0399. The number of carbonyl (C=O) groups is 1. The van der Waals surface area contributed by atoms with Crippen molar-refractivity contribution >= 4 is 21.8 Å². The van der Waals surface area contributed by atoms with Crippen molar-refractivity contribution in [3.8, 4) is 0 Å². The highest BCUT2D eigenvalue weighted by molar-refractivity contribution is 9.10. The van der Waals surface area contributed by atoms with Crippen molar-refractivity contribution in [2.24, 2.45) is 5.92 Å². The largest absolute Gasteiger partial charge is 0.354 e. The summed E-state index contributed by atoms with van der Waals surface area (Å²) in [7, 11) is 0. The Morgan fingerprint density at radius 2 is 2.10 bits per heavy atom. The highest BCUT2D eigenvalue weighted by Gasteiger charge is 2.17. The first-order valence-corrected chi connectivity index (χ1v) is 8.11. The van der Waals surface area contributed by atoms with Gasteiger partial charge in [-0.05, 0) is 44.0 Å². The highest BCUT2D eigenvalue weighted by Crippen LogP contribution is 2.17. The van der Waals surface area contributed by atoms with E-state index in [0.717, 1.165) is 23.9 Å². The summed E-state index contributed by atoms with van der Waals surface area (Å²) >= 11 is 3.47. The number of carbonyl (C=O) groups excluding carboxylic acids is 1. The lowest BCUT2D eigenvalue weighted by molar-refractivity contribution is -0.125. The molecule has 0 spiro atoms. The second-order valence-corrected chi connectivity index (χ2v) is 6.06. The molecule has 1 rings (SSSR count). The maximum Gasteiger partial charge on any atom is 0.223 e. The first-order valence-electron chi connectivity index (χ1n) is 7.32. The van der Waals surface area contributed by atoms with Crippen LogP contribution in [0.4, 0.5) is 0 Å². The molecule has 1 amide bonds. The normalized spacial score (nSPS) is 13.8. The molecule has 0 aliphatic rings. The summed E-state index contributed by atoms with van der Waals surface area (Å²) in [4.78, 5) is 12.2. The van der Waals surface area contributed by atoms with Gasteiger partial charge in [0, 0.05) is 23.0 Å². The Balaban J connectivity index is 2.51. The Labute approximate surface area is 130 Å². The number of rotatable bonds is 8. The Hall–Kier alpha value is -0.870. The minimum Gasteiger partial charge on any atom is -0.354 e. The van der Waals surface area contributed by atoms with E-state index in [1.807, 2.05) is 12.1 Å². The monoisotopic (exact) mass is 340 g/mol. The number of hydrogen-bond acceptors (Lipinski definition) is 2. The Kier molecular flexibility index (Phi) is 7.85. The molecule has 0 aliphatic carbocycles. The minimum absolute atomic E-state index is 0.0399. The van der Waals surface area contributed by atoms with Crippen molar-refractivity contribution in [2.45, 2.75) is 39.7 Å². The third-order valence-corrected chi connectivity index (χ3v) is 3.86. The summed E-state index contributed by atoms with van der Waals surface area (Å²) in [5, 5.41) is 6.33. The van der Waals surface area contributed by atoms with Crippen molar-refractivity contribution in [1.82, 2.24) is 10.6 Å². The van der Waals surface area contributed by atoms with Crippen LogP contribution in [0.1, 0.15) is 32.8 Å². The van der Waals surface area contributed by atoms with Crippen LogP contribution in [0.5, 0.6) is 0 Å². The van der Waals surface area contributed by atoms with Crippen LogP contribution >= 0.6 is 15.9 Å². The third kappa shape index (κ3) is 6.06. The van der Waals surface area contributed by atoms with E-state index in [9.17, 15) is 4.79 Å². The fourth-order valence-corrected chi connectivity index (χ4v) is 2.64. The summed E-state index contributed by atoms with van der Waals surface area (Å²) < 4.78 is 1.06. The quantitative estimate of drug-likeness (QED) is 0.763. The molecule has 112 valence electrons. The van der Waals surface area contributed by atoms with Crippen LogP contribution in [0.3, 0.4) is 0 Å². The zero-order chi connectivity index (χ0) is 15.0. The van der Waals surface area contributed by atoms with Crippen LogP contribution in [-0.4, -0.2) is 25.0 Å². The predicted molar refractivity (Wildman–Crippen MR) is 87.8 cm³/mol. The van der Waals surface area contributed by atoms with E-state index in [-0.39, 0.29) is 11.8 Å². The second-order valence-electron chi connectivity index (χ2n) is 5.14. The molecule has 1 aromatic carbocycles. The standard InChI is InChI=1S/C16H25BrN2O/c1-4-14(9-13-7-6-8-15(17)10-13)16(20)19-11-12(3)18-5-2/h6-8,10,12,14,18H,4-5,9,11H2,1-3H3,(H,19,20)/t12-,14?/m1/s1. The molecule has 0 heterocycles. The van der Waals surface area contributed by atoms with E-state index in [1.165, 1.54) is 5.56 Å². The van der Waals surface area contributed by atoms with Gasteiger partial charge in [-0.25, -0.2) is 0 Å². The lowest BCUT2D eigenvalue weighted by atomic mass is 9.96. The lowest BCUT2D eigenvalue weighted by Gasteiger charge is -2.18. The maximum atomic E-state index is 12.2. The van der Waals surface area contributed by atoms with Crippen molar-refractivity contribution in [1.29, 1.82) is 0 Å². The molecule has 0 radical (unpaired) electrons. The van der Waals surface area contributed by atoms with Gasteiger partial charge >= 0.3 is 0 Å². The van der Waals surface area contributed by atoms with Crippen molar-refractivity contribution in [2.75, 3.05) is 13.1 Å². The Bertz CT molecular complexity index is 423. The molecule has 2 N–H and O–H groups in total. The molecule has 0 aliphatic heterocycles. The average molecular weight is 341 g/mol. The van der Waals surface area contributed by atoms with Gasteiger partial charge in [0.2, 0.25) is 5.91 Å². The number of nitrogens with one attached hydrogen (secondary N) is 2. The van der Waals surface area contributed by atoms with Crippen LogP contribution in [0, 0.1) is 5.92 Å². The molecule has 2 atom stereocenters. The molecule has 0 saturated carbocycles. The molecule has 1 aromatic rings. The van der Waals surface area contributed by atoms with Gasteiger partial charge in [-0.1, -0.05) is 41.9 Å². The average Bonchev–Trinajstić information content (AvgIpc) is 2.42. The fraction of sp³-hybridized carbons (Fsp3) is 0.562. The van der Waals surface area contributed by atoms with Crippen LogP contribution in [0.25, 0.3) is 0 Å². The molecule has 4 heteroatoms. The van der Waals surface area contributed by atoms with Gasteiger partial charge in [0.1, 0.15) is 0 Å². The van der Waals surface area contributed by atoms with Crippen molar-refractivity contribution in [3.63, 3.8) is 0 Å². The van der Waals surface area contributed by atoms with Gasteiger partial charge in [-0.3, -0.25) is 4.79 Å². The molecular weight excluding hydrogens is 316 g/mol. The molecule has 20 heavy (non-hydrogen) atoms. The molecule has 0 bridgehead atoms. The Morgan fingerprint density at radius 1 is 1.35 bits per heavy atom. The molecule has 0 saturated heterocycles. The first-order chi connectivity index (χ1) is 9.56. The molecule has 0 aromatic heterocycles. The summed E-state index contributed by atoms with van der Waals surface area (Å²) in [6, 6.07) is 8.48. The van der Waals surface area contributed by atoms with Crippen LogP contribution in [0.2, 0.25) is 0 Å². The van der Waals surface area contributed by atoms with Gasteiger partial charge < -0.3 is 10.6 Å². The van der Waals surface area contributed by atoms with E-state index in [0.29, 0.717) is 12.6 Å². The highest BCUT2D eigenvalue weighted by atomic mass is 79.9. The van der Waals surface area contributed by atoms with Gasteiger partial charge in [0.05, 0.1) is 0 Å². The zero-order valence-electron chi connectivity index (χ0n) is 12.6. The molecule has 0 fully saturated rings. The topological polar surface area (TPSA) is 41.1 Å². The van der Waals surface area contributed by atoms with Crippen LogP contribution in [0.15, 0.2) is 28.7 Å². The number of likely N-dealkylation sites (N-methyl/N-ethyl adjacent to an activating group) is 1. The SMILES string of the molecule is CCN[C@H](C)CNC(=O)C(CC)Cc1cccc(Br)c1. The van der Waals surface area contributed by atoms with Crippen LogP contribution in [-0.2, 0) is 11.2 Å². The Morgan fingerprint density at radius 3 is 2.70 bits per heavy atom. The summed E-state index contributed by atoms with van der Waals surface area (Å²) in [5.41, 5.74) is 1.20. The molecule has 1 unspecified atom stereocenters. The molecule has 3 nitrogen and oxygen atoms in total. The number of amides is 1. The summed E-state index contributed by atoms with van der Waals surface area (Å²) in [6.45, 7) is 7.82. The van der Waals surface area contributed by atoms with Gasteiger partial charge in [0.15, 0.2) is 0 Å². The number of halogens is 1. The summed E-state index contributed by atoms with van der Waals surface area (Å²) in [6.07, 6.45) is 1.64. The van der Waals surface area contributed by atoms with Crippen molar-refractivity contribution < 1.29 is 4.79 Å². The zero-order valence-corrected chi connectivity index (χ0v) is 14.2. The van der Waals surface area contributed by atoms with Crippen molar-refractivity contribution in [3.05, 3.63) is 34.3 Å². The van der Waals surface area contributed by atoms with Gasteiger partial charge in [-0.2, -0.15) is 0 Å². The van der Waals surface area contributed by atoms with Crippen LogP contribution < -0.4 is 10.6 Å². The lowest BCUT2D eigenvalue weighted by Crippen LogP contribution is -2.41. The van der Waals surface area contributed by atoms with E-state index in [2.05, 4.69) is 59.5 Å². The summed E-state index contributed by atoms with van der Waals surface area (Å²) in [5.74, 6) is 0.190. The maximum absolute atomic E-state index is 12.2. The first kappa shape index (κ1) is 17.2.